The number of aliphatic carboxylic acids is 1. The summed E-state index contributed by atoms with van der Waals surface area (Å²) in [6.45, 7) is 0. The number of hydrogen-bond acceptors (Lipinski definition) is 4. The van der Waals surface area contributed by atoms with Gasteiger partial charge in [-0.3, -0.25) is 9.20 Å². The van der Waals surface area contributed by atoms with Gasteiger partial charge in [0.25, 0.3) is 0 Å². The number of aromatic nitrogens is 2. The second kappa shape index (κ2) is 3.74. The third-order valence-corrected chi connectivity index (χ3v) is 3.27. The minimum Gasteiger partial charge on any atom is -0.481 e. The lowest BCUT2D eigenvalue weighted by Crippen LogP contribution is -2.03. The molecule has 0 aromatic carbocycles. The van der Waals surface area contributed by atoms with E-state index in [-0.39, 0.29) is 6.42 Å². The Morgan fingerprint density at radius 1 is 1.59 bits per heavy atom. The van der Waals surface area contributed by atoms with Gasteiger partial charge < -0.3 is 9.52 Å². The average molecular weight is 248 g/mol. The van der Waals surface area contributed by atoms with Crippen LogP contribution in [0.5, 0.6) is 0 Å². The van der Waals surface area contributed by atoms with Crippen LogP contribution < -0.4 is 0 Å². The van der Waals surface area contributed by atoms with Crippen molar-refractivity contribution >= 4 is 22.3 Å². The van der Waals surface area contributed by atoms with Crippen LogP contribution in [0.25, 0.3) is 16.4 Å². The van der Waals surface area contributed by atoms with Crippen LogP contribution in [0.4, 0.5) is 0 Å². The van der Waals surface area contributed by atoms with Gasteiger partial charge in [0.05, 0.1) is 24.6 Å². The molecule has 0 saturated heterocycles. The van der Waals surface area contributed by atoms with Gasteiger partial charge in [-0.25, -0.2) is 4.98 Å². The van der Waals surface area contributed by atoms with Crippen LogP contribution in [-0.2, 0) is 11.2 Å². The van der Waals surface area contributed by atoms with Crippen LogP contribution in [0, 0.1) is 0 Å². The van der Waals surface area contributed by atoms with Crippen molar-refractivity contribution in [2.45, 2.75) is 6.42 Å². The molecule has 3 heterocycles. The van der Waals surface area contributed by atoms with E-state index in [1.165, 1.54) is 11.3 Å². The van der Waals surface area contributed by atoms with Crippen molar-refractivity contribution in [1.82, 2.24) is 9.38 Å². The number of carbonyl (C=O) groups is 1. The molecule has 3 aromatic heterocycles. The van der Waals surface area contributed by atoms with Crippen molar-refractivity contribution in [1.29, 1.82) is 0 Å². The summed E-state index contributed by atoms with van der Waals surface area (Å²) in [5.74, 6) is -0.163. The van der Waals surface area contributed by atoms with E-state index in [1.54, 1.807) is 18.5 Å². The number of carboxylic acids is 1. The Labute approximate surface area is 99.9 Å². The molecular formula is C11H8N2O3S. The second-order valence-electron chi connectivity index (χ2n) is 3.54. The SMILES string of the molecule is O=C(O)Cc1cnc2scc(-c3ccco3)n12. The van der Waals surface area contributed by atoms with Crippen molar-refractivity contribution in [2.75, 3.05) is 0 Å². The Bertz CT molecular complexity index is 666. The Kier molecular flexibility index (Phi) is 2.22. The first-order valence-electron chi connectivity index (χ1n) is 4.95. The van der Waals surface area contributed by atoms with Crippen molar-refractivity contribution < 1.29 is 14.3 Å². The third kappa shape index (κ3) is 1.62. The van der Waals surface area contributed by atoms with Crippen LogP contribution >= 0.6 is 11.3 Å². The van der Waals surface area contributed by atoms with Crippen molar-refractivity contribution in [2.24, 2.45) is 0 Å². The van der Waals surface area contributed by atoms with E-state index in [1.807, 2.05) is 15.8 Å². The number of furan rings is 1. The maximum absolute atomic E-state index is 10.8. The van der Waals surface area contributed by atoms with Crippen LogP contribution in [0.2, 0.25) is 0 Å². The zero-order valence-electron chi connectivity index (χ0n) is 8.66. The van der Waals surface area contributed by atoms with Crippen molar-refractivity contribution in [3.05, 3.63) is 35.7 Å². The van der Waals surface area contributed by atoms with Gasteiger partial charge in [-0.1, -0.05) is 0 Å². The van der Waals surface area contributed by atoms with Gasteiger partial charge in [0, 0.05) is 5.38 Å². The highest BCUT2D eigenvalue weighted by Crippen LogP contribution is 2.27. The topological polar surface area (TPSA) is 67.7 Å². The summed E-state index contributed by atoms with van der Waals surface area (Å²) in [7, 11) is 0. The Morgan fingerprint density at radius 3 is 3.18 bits per heavy atom. The minimum atomic E-state index is -0.872. The molecule has 86 valence electrons. The lowest BCUT2D eigenvalue weighted by atomic mass is 10.3. The van der Waals surface area contributed by atoms with Gasteiger partial charge in [0.15, 0.2) is 10.7 Å². The highest BCUT2D eigenvalue weighted by molar-refractivity contribution is 7.15. The Morgan fingerprint density at radius 2 is 2.47 bits per heavy atom. The molecule has 0 radical (unpaired) electrons. The van der Waals surface area contributed by atoms with E-state index in [4.69, 9.17) is 9.52 Å². The zero-order valence-corrected chi connectivity index (χ0v) is 9.48. The van der Waals surface area contributed by atoms with Gasteiger partial charge in [-0.2, -0.15) is 0 Å². The molecule has 6 heteroatoms. The van der Waals surface area contributed by atoms with Crippen LogP contribution in [0.3, 0.4) is 0 Å². The first-order valence-corrected chi connectivity index (χ1v) is 5.83. The fourth-order valence-electron chi connectivity index (χ4n) is 1.74. The highest BCUT2D eigenvalue weighted by atomic mass is 32.1. The van der Waals surface area contributed by atoms with E-state index in [0.717, 1.165) is 10.7 Å². The summed E-state index contributed by atoms with van der Waals surface area (Å²) in [6, 6.07) is 3.64. The fourth-order valence-corrected chi connectivity index (χ4v) is 2.62. The Balaban J connectivity index is 2.19. The fraction of sp³-hybridized carbons (Fsp3) is 0.0909. The Hall–Kier alpha value is -2.08. The summed E-state index contributed by atoms with van der Waals surface area (Å²) in [5, 5.41) is 10.8. The van der Waals surface area contributed by atoms with E-state index < -0.39 is 5.97 Å². The molecule has 1 N–H and O–H groups in total. The number of imidazole rings is 1. The molecule has 0 aliphatic heterocycles. The predicted molar refractivity (Wildman–Crippen MR) is 62.1 cm³/mol. The normalized spacial score (nSPS) is 11.1. The molecule has 0 spiro atoms. The molecule has 0 amide bonds. The average Bonchev–Trinajstić information content (AvgIpc) is 2.94. The van der Waals surface area contributed by atoms with E-state index in [2.05, 4.69) is 4.98 Å². The number of hydrogen-bond donors (Lipinski definition) is 1. The molecule has 17 heavy (non-hydrogen) atoms. The minimum absolute atomic E-state index is 0.0500. The largest absolute Gasteiger partial charge is 0.481 e. The van der Waals surface area contributed by atoms with Gasteiger partial charge in [-0.05, 0) is 12.1 Å². The van der Waals surface area contributed by atoms with Crippen LogP contribution in [0.1, 0.15) is 5.69 Å². The first-order chi connectivity index (χ1) is 8.25. The molecule has 0 aliphatic rings. The van der Waals surface area contributed by atoms with Crippen molar-refractivity contribution in [3.8, 4) is 11.5 Å². The molecule has 0 unspecified atom stereocenters. The first kappa shape index (κ1) is 10.1. The molecule has 0 bridgehead atoms. The molecule has 0 saturated carbocycles. The lowest BCUT2D eigenvalue weighted by Gasteiger charge is -1.99. The van der Waals surface area contributed by atoms with Crippen LogP contribution in [-0.4, -0.2) is 20.5 Å². The summed E-state index contributed by atoms with van der Waals surface area (Å²) < 4.78 is 7.14. The van der Waals surface area contributed by atoms with Gasteiger partial charge in [-0.15, -0.1) is 11.3 Å². The number of nitrogens with zero attached hydrogens (tertiary/aromatic N) is 2. The molecular weight excluding hydrogens is 240 g/mol. The van der Waals surface area contributed by atoms with Gasteiger partial charge in [0.1, 0.15) is 5.69 Å². The second-order valence-corrected chi connectivity index (χ2v) is 4.37. The van der Waals surface area contributed by atoms with Crippen molar-refractivity contribution in [3.63, 3.8) is 0 Å². The smallest absolute Gasteiger partial charge is 0.309 e. The number of carboxylic acid groups (broad SMARTS) is 1. The zero-order chi connectivity index (χ0) is 11.8. The summed E-state index contributed by atoms with van der Waals surface area (Å²) in [4.78, 5) is 15.7. The third-order valence-electron chi connectivity index (χ3n) is 2.43. The van der Waals surface area contributed by atoms with E-state index in [0.29, 0.717) is 11.5 Å². The molecule has 5 nitrogen and oxygen atoms in total. The summed E-state index contributed by atoms with van der Waals surface area (Å²) in [6.07, 6.45) is 3.13. The highest BCUT2D eigenvalue weighted by Gasteiger charge is 2.15. The van der Waals surface area contributed by atoms with E-state index >= 15 is 0 Å². The quantitative estimate of drug-likeness (QED) is 0.772. The predicted octanol–water partition coefficient (Wildman–Crippen LogP) is 2.28. The molecule has 0 aliphatic carbocycles. The van der Waals surface area contributed by atoms with Gasteiger partial charge >= 0.3 is 5.97 Å². The van der Waals surface area contributed by atoms with Crippen LogP contribution in [0.15, 0.2) is 34.4 Å². The maximum atomic E-state index is 10.8. The number of rotatable bonds is 3. The molecule has 3 rings (SSSR count). The lowest BCUT2D eigenvalue weighted by molar-refractivity contribution is -0.136. The number of fused-ring (bicyclic) bond motifs is 1. The summed E-state index contributed by atoms with van der Waals surface area (Å²) in [5.41, 5.74) is 1.49. The standard InChI is InChI=1S/C11H8N2O3S/c14-10(15)4-7-5-12-11-13(7)8(6-17-11)9-2-1-3-16-9/h1-3,5-6H,4H2,(H,14,15). The molecule has 0 atom stereocenters. The monoisotopic (exact) mass is 248 g/mol. The van der Waals surface area contributed by atoms with E-state index in [9.17, 15) is 4.79 Å². The molecule has 3 aromatic rings. The summed E-state index contributed by atoms with van der Waals surface area (Å²) >= 11 is 1.46. The number of thiazole rings is 1. The van der Waals surface area contributed by atoms with Gasteiger partial charge in [0.2, 0.25) is 0 Å². The molecule has 0 fully saturated rings. The maximum Gasteiger partial charge on any atom is 0.309 e.